The Kier molecular flexibility index (Phi) is 3.04. The molecular weight excluding hydrogens is 212 g/mol. The van der Waals surface area contributed by atoms with Crippen LogP contribution in [0.2, 0.25) is 0 Å². The topological polar surface area (TPSA) is 52.1 Å². The number of carbonyl (C=O) groups is 1. The summed E-state index contributed by atoms with van der Waals surface area (Å²) in [6.07, 6.45) is 0.166. The molecule has 0 radical (unpaired) electrons. The maximum atomic E-state index is 11.4. The number of esters is 1. The third-order valence-electron chi connectivity index (χ3n) is 1.68. The van der Waals surface area contributed by atoms with E-state index in [1.165, 1.54) is 11.3 Å². The summed E-state index contributed by atoms with van der Waals surface area (Å²) in [5.74, 6) is 0.227. The van der Waals surface area contributed by atoms with Gasteiger partial charge < -0.3 is 4.74 Å². The van der Waals surface area contributed by atoms with Gasteiger partial charge in [0.1, 0.15) is 16.3 Å². The highest BCUT2D eigenvalue weighted by Gasteiger charge is 2.08. The van der Waals surface area contributed by atoms with Gasteiger partial charge in [-0.3, -0.25) is 4.79 Å². The average molecular weight is 220 g/mol. The first-order valence-electron chi connectivity index (χ1n) is 4.35. The zero-order chi connectivity index (χ0) is 10.5. The lowest BCUT2D eigenvalue weighted by atomic mass is 10.3. The lowest BCUT2D eigenvalue weighted by Gasteiger charge is -2.01. The summed E-state index contributed by atoms with van der Waals surface area (Å²) in [7, 11) is 0. The van der Waals surface area contributed by atoms with Gasteiger partial charge in [-0.15, -0.1) is 21.5 Å². The van der Waals surface area contributed by atoms with Crippen molar-refractivity contribution in [2.45, 2.75) is 6.42 Å². The number of benzene rings is 1. The van der Waals surface area contributed by atoms with Crippen LogP contribution in [0.25, 0.3) is 0 Å². The molecule has 0 atom stereocenters. The molecule has 0 unspecified atom stereocenters. The van der Waals surface area contributed by atoms with E-state index in [4.69, 9.17) is 4.74 Å². The normalized spacial score (nSPS) is 9.87. The van der Waals surface area contributed by atoms with Crippen molar-refractivity contribution < 1.29 is 9.53 Å². The van der Waals surface area contributed by atoms with E-state index in [9.17, 15) is 4.79 Å². The molecule has 76 valence electrons. The van der Waals surface area contributed by atoms with Gasteiger partial charge in [0.05, 0.1) is 6.42 Å². The summed E-state index contributed by atoms with van der Waals surface area (Å²) in [5.41, 5.74) is 1.59. The minimum Gasteiger partial charge on any atom is -0.426 e. The van der Waals surface area contributed by atoms with E-state index in [-0.39, 0.29) is 12.4 Å². The number of nitrogens with zero attached hydrogens (tertiary/aromatic N) is 2. The molecule has 15 heavy (non-hydrogen) atoms. The fourth-order valence-corrected chi connectivity index (χ4v) is 1.56. The van der Waals surface area contributed by atoms with Crippen LogP contribution in [0.15, 0.2) is 35.8 Å². The number of hydrogen-bond donors (Lipinski definition) is 0. The standard InChI is InChI=1S/C10H8N2O2S/c13-10(6-9-12-11-7-15-9)14-8-4-2-1-3-5-8/h1-5,7H,6H2. The first-order chi connectivity index (χ1) is 7.34. The Labute approximate surface area is 90.5 Å². The fraction of sp³-hybridized carbons (Fsp3) is 0.100. The van der Waals surface area contributed by atoms with Crippen molar-refractivity contribution in [1.82, 2.24) is 10.2 Å². The fourth-order valence-electron chi connectivity index (χ4n) is 1.05. The van der Waals surface area contributed by atoms with Crippen molar-refractivity contribution >= 4 is 17.3 Å². The summed E-state index contributed by atoms with van der Waals surface area (Å²) in [4.78, 5) is 11.4. The number of aromatic nitrogens is 2. The predicted octanol–water partition coefficient (Wildman–Crippen LogP) is 1.69. The number of ether oxygens (including phenoxy) is 1. The van der Waals surface area contributed by atoms with Gasteiger partial charge in [-0.1, -0.05) is 18.2 Å². The molecule has 0 spiro atoms. The second kappa shape index (κ2) is 4.65. The molecule has 0 aliphatic heterocycles. The molecule has 0 saturated carbocycles. The average Bonchev–Trinajstić information content (AvgIpc) is 2.71. The molecule has 4 nitrogen and oxygen atoms in total. The molecular formula is C10H8N2O2S. The van der Waals surface area contributed by atoms with Crippen molar-refractivity contribution in [3.8, 4) is 5.75 Å². The van der Waals surface area contributed by atoms with Crippen LogP contribution in [0, 0.1) is 0 Å². The Bertz CT molecular complexity index is 428. The number of para-hydroxylation sites is 1. The van der Waals surface area contributed by atoms with Crippen LogP contribution in [0.1, 0.15) is 5.01 Å². The molecule has 5 heteroatoms. The molecule has 0 aliphatic rings. The number of hydrogen-bond acceptors (Lipinski definition) is 5. The smallest absolute Gasteiger partial charge is 0.318 e. The van der Waals surface area contributed by atoms with Crippen LogP contribution in [-0.4, -0.2) is 16.2 Å². The first kappa shape index (κ1) is 9.79. The quantitative estimate of drug-likeness (QED) is 0.583. The minimum absolute atomic E-state index is 0.166. The van der Waals surface area contributed by atoms with E-state index in [1.807, 2.05) is 18.2 Å². The van der Waals surface area contributed by atoms with Crippen molar-refractivity contribution in [1.29, 1.82) is 0 Å². The summed E-state index contributed by atoms with van der Waals surface area (Å²) in [5, 5.41) is 8.07. The van der Waals surface area contributed by atoms with E-state index >= 15 is 0 Å². The van der Waals surface area contributed by atoms with Gasteiger partial charge in [0.2, 0.25) is 0 Å². The third-order valence-corrected chi connectivity index (χ3v) is 2.37. The highest BCUT2D eigenvalue weighted by Crippen LogP contribution is 2.10. The lowest BCUT2D eigenvalue weighted by Crippen LogP contribution is -2.10. The highest BCUT2D eigenvalue weighted by molar-refractivity contribution is 7.09. The van der Waals surface area contributed by atoms with Crippen LogP contribution in [-0.2, 0) is 11.2 Å². The molecule has 1 aromatic heterocycles. The van der Waals surface area contributed by atoms with Gasteiger partial charge in [0.15, 0.2) is 0 Å². The monoisotopic (exact) mass is 220 g/mol. The summed E-state index contributed by atoms with van der Waals surface area (Å²) < 4.78 is 5.09. The molecule has 2 aromatic rings. The van der Waals surface area contributed by atoms with E-state index in [1.54, 1.807) is 17.6 Å². The van der Waals surface area contributed by atoms with E-state index in [2.05, 4.69) is 10.2 Å². The summed E-state index contributed by atoms with van der Waals surface area (Å²) >= 11 is 1.34. The zero-order valence-electron chi connectivity index (χ0n) is 7.79. The molecule has 0 aliphatic carbocycles. The van der Waals surface area contributed by atoms with Gasteiger partial charge in [-0.2, -0.15) is 0 Å². The molecule has 0 amide bonds. The minimum atomic E-state index is -0.321. The SMILES string of the molecule is O=C(Cc1nncs1)Oc1ccccc1. The van der Waals surface area contributed by atoms with Crippen LogP contribution in [0.5, 0.6) is 5.75 Å². The molecule has 0 bridgehead atoms. The number of rotatable bonds is 3. The Morgan fingerprint density at radius 3 is 2.80 bits per heavy atom. The third kappa shape index (κ3) is 2.85. The largest absolute Gasteiger partial charge is 0.426 e. The maximum absolute atomic E-state index is 11.4. The van der Waals surface area contributed by atoms with Crippen LogP contribution in [0.3, 0.4) is 0 Å². The molecule has 1 aromatic carbocycles. The second-order valence-electron chi connectivity index (χ2n) is 2.80. The Hall–Kier alpha value is -1.75. The van der Waals surface area contributed by atoms with Crippen molar-refractivity contribution in [2.75, 3.05) is 0 Å². The highest BCUT2D eigenvalue weighted by atomic mass is 32.1. The van der Waals surface area contributed by atoms with Crippen LogP contribution >= 0.6 is 11.3 Å². The van der Waals surface area contributed by atoms with Crippen molar-refractivity contribution in [2.24, 2.45) is 0 Å². The van der Waals surface area contributed by atoms with Gasteiger partial charge in [-0.05, 0) is 12.1 Å². The van der Waals surface area contributed by atoms with Crippen molar-refractivity contribution in [3.63, 3.8) is 0 Å². The van der Waals surface area contributed by atoms with Gasteiger partial charge >= 0.3 is 5.97 Å². The van der Waals surface area contributed by atoms with Crippen molar-refractivity contribution in [3.05, 3.63) is 40.8 Å². The Balaban J connectivity index is 1.94. The molecule has 0 fully saturated rings. The van der Waals surface area contributed by atoms with Gasteiger partial charge in [0.25, 0.3) is 0 Å². The summed E-state index contributed by atoms with van der Waals surface area (Å²) in [6.45, 7) is 0. The summed E-state index contributed by atoms with van der Waals surface area (Å²) in [6, 6.07) is 8.96. The van der Waals surface area contributed by atoms with Crippen LogP contribution < -0.4 is 4.74 Å². The Morgan fingerprint density at radius 2 is 2.13 bits per heavy atom. The molecule has 0 N–H and O–H groups in total. The van der Waals surface area contributed by atoms with E-state index in [0.717, 1.165) is 0 Å². The van der Waals surface area contributed by atoms with E-state index in [0.29, 0.717) is 10.8 Å². The zero-order valence-corrected chi connectivity index (χ0v) is 8.61. The number of carbonyl (C=O) groups excluding carboxylic acids is 1. The van der Waals surface area contributed by atoms with Gasteiger partial charge in [0, 0.05) is 0 Å². The predicted molar refractivity (Wildman–Crippen MR) is 55.7 cm³/mol. The molecule has 1 heterocycles. The van der Waals surface area contributed by atoms with E-state index < -0.39 is 0 Å². The van der Waals surface area contributed by atoms with Gasteiger partial charge in [-0.25, -0.2) is 0 Å². The Morgan fingerprint density at radius 1 is 1.33 bits per heavy atom. The maximum Gasteiger partial charge on any atom is 0.318 e. The second-order valence-corrected chi connectivity index (χ2v) is 3.71. The van der Waals surface area contributed by atoms with Crippen LogP contribution in [0.4, 0.5) is 0 Å². The lowest BCUT2D eigenvalue weighted by molar-refractivity contribution is -0.133. The molecule has 2 rings (SSSR count). The first-order valence-corrected chi connectivity index (χ1v) is 5.23. The molecule has 0 saturated heterocycles.